The predicted molar refractivity (Wildman–Crippen MR) is 153 cm³/mol. The maximum absolute atomic E-state index is 13.7. The summed E-state index contributed by atoms with van der Waals surface area (Å²) in [6, 6.07) is 18.3. The molecule has 0 spiro atoms. The summed E-state index contributed by atoms with van der Waals surface area (Å²) >= 11 is 3.24. The van der Waals surface area contributed by atoms with Crippen LogP contribution in [-0.2, 0) is 9.59 Å². The second kappa shape index (κ2) is 10.9. The van der Waals surface area contributed by atoms with Gasteiger partial charge in [-0.15, -0.1) is 11.8 Å². The largest absolute Gasteiger partial charge is 0.355 e. The normalized spacial score (nSPS) is 15.4. The molecule has 0 fully saturated rings. The first-order valence-electron chi connectivity index (χ1n) is 12.4. The maximum atomic E-state index is 13.7. The molecule has 2 amide bonds. The lowest BCUT2D eigenvalue weighted by Gasteiger charge is -2.24. The molecule has 0 bridgehead atoms. The number of thioether (sulfide) groups is 1. The van der Waals surface area contributed by atoms with Gasteiger partial charge in [0.05, 0.1) is 22.4 Å². The van der Waals surface area contributed by atoms with Crippen LogP contribution < -0.4 is 10.2 Å². The monoisotopic (exact) mass is 530 g/mol. The third kappa shape index (κ3) is 4.95. The molecule has 3 heterocycles. The van der Waals surface area contributed by atoms with Crippen molar-refractivity contribution in [3.05, 3.63) is 87.6 Å². The number of anilines is 1. The topological polar surface area (TPSA) is 67.2 Å². The van der Waals surface area contributed by atoms with Gasteiger partial charge in [0.1, 0.15) is 12.4 Å². The predicted octanol–water partition coefficient (Wildman–Crippen LogP) is 5.91. The van der Waals surface area contributed by atoms with Gasteiger partial charge in [0.2, 0.25) is 11.8 Å². The van der Waals surface area contributed by atoms with E-state index in [0.717, 1.165) is 45.6 Å². The summed E-state index contributed by atoms with van der Waals surface area (Å²) in [4.78, 5) is 28.3. The minimum absolute atomic E-state index is 0.0481. The van der Waals surface area contributed by atoms with Crippen molar-refractivity contribution in [3.63, 3.8) is 0 Å². The van der Waals surface area contributed by atoms with E-state index < -0.39 is 0 Å². The zero-order valence-electron chi connectivity index (χ0n) is 21.2. The smallest absolute Gasteiger partial charge is 0.240 e. The summed E-state index contributed by atoms with van der Waals surface area (Å²) in [5.74, 6) is 0.680. The molecule has 5 rings (SSSR count). The van der Waals surface area contributed by atoms with Gasteiger partial charge in [-0.2, -0.15) is 16.4 Å². The molecule has 1 aliphatic rings. The summed E-state index contributed by atoms with van der Waals surface area (Å²) in [7, 11) is 0. The quantitative estimate of drug-likeness (QED) is 0.322. The lowest BCUT2D eigenvalue weighted by atomic mass is 10.0. The fourth-order valence-electron chi connectivity index (χ4n) is 4.61. The van der Waals surface area contributed by atoms with Gasteiger partial charge in [0, 0.05) is 17.7 Å². The van der Waals surface area contributed by atoms with Crippen molar-refractivity contribution in [1.82, 2.24) is 15.1 Å². The van der Waals surface area contributed by atoms with Crippen molar-refractivity contribution in [2.75, 3.05) is 23.7 Å². The standard InChI is InChI=1S/C29H30N4O2S2/c1-4-14-30-24(34)16-32-25(35)18-37-28(22-13-15-36-17-22)26-27(21-10-6-5-7-11-21)31-33(29(26)32)23-12-8-9-19(2)20(23)3/h5-13,15,17,28H,4,14,16,18H2,1-3H3,(H,30,34)/t28-/m0/s1. The number of amides is 2. The van der Waals surface area contributed by atoms with Crippen LogP contribution in [0.3, 0.4) is 0 Å². The molecule has 0 unspecified atom stereocenters. The first-order chi connectivity index (χ1) is 18.0. The van der Waals surface area contributed by atoms with E-state index in [9.17, 15) is 9.59 Å². The molecule has 1 N–H and O–H groups in total. The van der Waals surface area contributed by atoms with E-state index in [1.54, 1.807) is 28.0 Å². The van der Waals surface area contributed by atoms with Crippen LogP contribution in [0.2, 0.25) is 0 Å². The van der Waals surface area contributed by atoms with E-state index in [4.69, 9.17) is 5.10 Å². The molecule has 1 aliphatic heterocycles. The Morgan fingerprint density at radius 3 is 2.65 bits per heavy atom. The Labute approximate surface area is 225 Å². The fraction of sp³-hybridized carbons (Fsp3) is 0.276. The van der Waals surface area contributed by atoms with Crippen molar-refractivity contribution in [1.29, 1.82) is 0 Å². The zero-order chi connectivity index (χ0) is 25.9. The van der Waals surface area contributed by atoms with Gasteiger partial charge in [-0.25, -0.2) is 4.68 Å². The molecule has 190 valence electrons. The van der Waals surface area contributed by atoms with Gasteiger partial charge in [0.25, 0.3) is 0 Å². The number of aromatic nitrogens is 2. The number of carbonyl (C=O) groups excluding carboxylic acids is 2. The van der Waals surface area contributed by atoms with Gasteiger partial charge >= 0.3 is 0 Å². The first kappa shape index (κ1) is 25.3. The minimum Gasteiger partial charge on any atom is -0.355 e. The number of fused-ring (bicyclic) bond motifs is 1. The highest BCUT2D eigenvalue weighted by Crippen LogP contribution is 2.49. The Morgan fingerprint density at radius 2 is 1.92 bits per heavy atom. The lowest BCUT2D eigenvalue weighted by Crippen LogP contribution is -2.42. The highest BCUT2D eigenvalue weighted by atomic mass is 32.2. The second-order valence-corrected chi connectivity index (χ2v) is 11.0. The fourth-order valence-corrected chi connectivity index (χ4v) is 6.57. The number of carbonyl (C=O) groups is 2. The van der Waals surface area contributed by atoms with Crippen molar-refractivity contribution in [3.8, 4) is 16.9 Å². The van der Waals surface area contributed by atoms with E-state index in [1.807, 2.05) is 41.9 Å². The van der Waals surface area contributed by atoms with E-state index in [-0.39, 0.29) is 29.4 Å². The molecule has 0 saturated heterocycles. The van der Waals surface area contributed by atoms with Crippen LogP contribution >= 0.6 is 23.1 Å². The average Bonchev–Trinajstić information content (AvgIpc) is 3.55. The van der Waals surface area contributed by atoms with E-state index >= 15 is 0 Å². The van der Waals surface area contributed by atoms with E-state index in [0.29, 0.717) is 12.4 Å². The number of aryl methyl sites for hydroxylation is 1. The molecule has 0 saturated carbocycles. The van der Waals surface area contributed by atoms with Crippen LogP contribution in [0.1, 0.15) is 40.8 Å². The van der Waals surface area contributed by atoms with Gasteiger partial charge in [-0.3, -0.25) is 14.5 Å². The minimum atomic E-state index is -0.171. The van der Waals surface area contributed by atoms with E-state index in [2.05, 4.69) is 54.2 Å². The number of thiophene rings is 1. The van der Waals surface area contributed by atoms with Gasteiger partial charge < -0.3 is 5.32 Å². The van der Waals surface area contributed by atoms with Gasteiger partial charge in [-0.05, 0) is 59.9 Å². The van der Waals surface area contributed by atoms with Gasteiger partial charge in [-0.1, -0.05) is 49.4 Å². The van der Waals surface area contributed by atoms with Crippen molar-refractivity contribution in [2.24, 2.45) is 0 Å². The van der Waals surface area contributed by atoms with Crippen LogP contribution in [0.4, 0.5) is 5.82 Å². The summed E-state index contributed by atoms with van der Waals surface area (Å²) in [6.45, 7) is 6.69. The summed E-state index contributed by atoms with van der Waals surface area (Å²) < 4.78 is 1.89. The Kier molecular flexibility index (Phi) is 7.48. The Hall–Kier alpha value is -3.36. The molecule has 6 nitrogen and oxygen atoms in total. The lowest BCUT2D eigenvalue weighted by molar-refractivity contribution is -0.122. The van der Waals surface area contributed by atoms with Crippen LogP contribution in [0.15, 0.2) is 65.4 Å². The van der Waals surface area contributed by atoms with Crippen molar-refractivity contribution in [2.45, 2.75) is 32.4 Å². The van der Waals surface area contributed by atoms with Crippen molar-refractivity contribution >= 4 is 40.7 Å². The number of rotatable bonds is 7. The third-order valence-corrected chi connectivity index (χ3v) is 8.62. The van der Waals surface area contributed by atoms with Crippen LogP contribution in [0.5, 0.6) is 0 Å². The number of hydrogen-bond acceptors (Lipinski definition) is 5. The van der Waals surface area contributed by atoms with Crippen molar-refractivity contribution < 1.29 is 9.59 Å². The maximum Gasteiger partial charge on any atom is 0.240 e. The second-order valence-electron chi connectivity index (χ2n) is 9.16. The van der Waals surface area contributed by atoms with Crippen LogP contribution in [0, 0.1) is 13.8 Å². The molecule has 37 heavy (non-hydrogen) atoms. The number of nitrogens with one attached hydrogen (secondary N) is 1. The van der Waals surface area contributed by atoms with E-state index in [1.165, 1.54) is 0 Å². The summed E-state index contributed by atoms with van der Waals surface area (Å²) in [5, 5.41) is 12.2. The SMILES string of the molecule is CCCNC(=O)CN1C(=O)CS[C@@H](c2ccsc2)c2c(-c3ccccc3)nn(-c3cccc(C)c3C)c21. The zero-order valence-corrected chi connectivity index (χ0v) is 22.9. The molecule has 2 aromatic carbocycles. The Bertz CT molecular complexity index is 1410. The highest BCUT2D eigenvalue weighted by Gasteiger charge is 2.38. The third-order valence-electron chi connectivity index (χ3n) is 6.66. The highest BCUT2D eigenvalue weighted by molar-refractivity contribution is 8.00. The molecule has 4 aromatic rings. The number of nitrogens with zero attached hydrogens (tertiary/aromatic N) is 3. The summed E-state index contributed by atoms with van der Waals surface area (Å²) in [5.41, 5.74) is 7.03. The Balaban J connectivity index is 1.80. The summed E-state index contributed by atoms with van der Waals surface area (Å²) in [6.07, 6.45) is 0.833. The average molecular weight is 531 g/mol. The first-order valence-corrected chi connectivity index (χ1v) is 14.4. The molecule has 8 heteroatoms. The molecule has 2 aromatic heterocycles. The molecular formula is C29H30N4O2S2. The molecular weight excluding hydrogens is 500 g/mol. The molecule has 0 radical (unpaired) electrons. The van der Waals surface area contributed by atoms with Gasteiger partial charge in [0.15, 0.2) is 0 Å². The number of hydrogen-bond donors (Lipinski definition) is 1. The number of benzene rings is 2. The molecule has 1 atom stereocenters. The van der Waals surface area contributed by atoms with Crippen LogP contribution in [0.25, 0.3) is 16.9 Å². The van der Waals surface area contributed by atoms with Crippen LogP contribution in [-0.4, -0.2) is 40.4 Å². The molecule has 0 aliphatic carbocycles. The Morgan fingerprint density at radius 1 is 1.11 bits per heavy atom.